The third-order valence-electron chi connectivity index (χ3n) is 3.65. The van der Waals surface area contributed by atoms with Crippen LogP contribution in [0.1, 0.15) is 34.3 Å². The highest BCUT2D eigenvalue weighted by Crippen LogP contribution is 2.19. The number of hydrogen-bond donors (Lipinski definition) is 1. The fourth-order valence-corrected chi connectivity index (χ4v) is 2.59. The van der Waals surface area contributed by atoms with E-state index in [-0.39, 0.29) is 11.7 Å². The van der Waals surface area contributed by atoms with Crippen LogP contribution in [0.3, 0.4) is 0 Å². The Labute approximate surface area is 146 Å². The maximum Gasteiger partial charge on any atom is 0.292 e. The Bertz CT molecular complexity index is 880. The Balaban J connectivity index is 1.77. The van der Waals surface area contributed by atoms with Gasteiger partial charge in [0, 0.05) is 12.1 Å². The summed E-state index contributed by atoms with van der Waals surface area (Å²) in [5, 5.41) is 7.31. The molecule has 130 valence electrons. The molecule has 0 bridgehead atoms. The Hall–Kier alpha value is -3.02. The zero-order valence-corrected chi connectivity index (χ0v) is 14.6. The molecule has 0 radical (unpaired) electrons. The van der Waals surface area contributed by atoms with Gasteiger partial charge in [0.05, 0.1) is 18.8 Å². The SMILES string of the molecule is CCOc1ccc(C(=O)Nc2cc(C)nn2Cc2cccc(C)c2)o1. The second-order valence-corrected chi connectivity index (χ2v) is 5.82. The van der Waals surface area contributed by atoms with E-state index in [0.29, 0.717) is 24.9 Å². The van der Waals surface area contributed by atoms with E-state index in [1.54, 1.807) is 16.8 Å². The van der Waals surface area contributed by atoms with E-state index in [0.717, 1.165) is 11.3 Å². The van der Waals surface area contributed by atoms with E-state index in [1.165, 1.54) is 5.56 Å². The number of nitrogens with zero attached hydrogens (tertiary/aromatic N) is 2. The van der Waals surface area contributed by atoms with Gasteiger partial charge in [0.15, 0.2) is 5.76 Å². The van der Waals surface area contributed by atoms with E-state index >= 15 is 0 Å². The lowest BCUT2D eigenvalue weighted by Crippen LogP contribution is -2.15. The van der Waals surface area contributed by atoms with Crippen molar-refractivity contribution in [1.29, 1.82) is 0 Å². The van der Waals surface area contributed by atoms with Crippen molar-refractivity contribution in [2.75, 3.05) is 11.9 Å². The summed E-state index contributed by atoms with van der Waals surface area (Å²) >= 11 is 0. The third kappa shape index (κ3) is 4.09. The summed E-state index contributed by atoms with van der Waals surface area (Å²) in [6.45, 7) is 6.86. The molecule has 0 saturated heterocycles. The molecule has 0 aliphatic carbocycles. The smallest absolute Gasteiger partial charge is 0.292 e. The summed E-state index contributed by atoms with van der Waals surface area (Å²) < 4.78 is 12.4. The first-order chi connectivity index (χ1) is 12.0. The van der Waals surface area contributed by atoms with E-state index in [1.807, 2.05) is 45.0 Å². The van der Waals surface area contributed by atoms with Gasteiger partial charge in [0.25, 0.3) is 11.9 Å². The first kappa shape index (κ1) is 16.8. The quantitative estimate of drug-likeness (QED) is 0.742. The van der Waals surface area contributed by atoms with Crippen LogP contribution in [0, 0.1) is 13.8 Å². The molecule has 3 aromatic rings. The number of amides is 1. The molecule has 25 heavy (non-hydrogen) atoms. The minimum atomic E-state index is -0.337. The van der Waals surface area contributed by atoms with Crippen LogP contribution in [0.4, 0.5) is 5.82 Å². The molecule has 1 amide bonds. The number of ether oxygens (including phenoxy) is 1. The highest BCUT2D eigenvalue weighted by Gasteiger charge is 2.15. The molecular formula is C19H21N3O3. The molecule has 6 heteroatoms. The van der Waals surface area contributed by atoms with Crippen molar-refractivity contribution in [1.82, 2.24) is 9.78 Å². The number of carbonyl (C=O) groups excluding carboxylic acids is 1. The maximum absolute atomic E-state index is 12.4. The lowest BCUT2D eigenvalue weighted by molar-refractivity contribution is 0.0987. The van der Waals surface area contributed by atoms with Crippen LogP contribution in [-0.2, 0) is 6.54 Å². The molecule has 3 rings (SSSR count). The molecule has 6 nitrogen and oxygen atoms in total. The molecule has 0 aliphatic heterocycles. The molecule has 0 aliphatic rings. The highest BCUT2D eigenvalue weighted by molar-refractivity contribution is 6.01. The fraction of sp³-hybridized carbons (Fsp3) is 0.263. The molecule has 0 spiro atoms. The lowest BCUT2D eigenvalue weighted by atomic mass is 10.1. The summed E-state index contributed by atoms with van der Waals surface area (Å²) in [5.74, 6) is 0.816. The van der Waals surface area contributed by atoms with Crippen LogP contribution in [0.25, 0.3) is 0 Å². The Morgan fingerprint density at radius 2 is 2.08 bits per heavy atom. The van der Waals surface area contributed by atoms with Crippen molar-refractivity contribution in [3.8, 4) is 5.95 Å². The summed E-state index contributed by atoms with van der Waals surface area (Å²) in [6.07, 6.45) is 0. The lowest BCUT2D eigenvalue weighted by Gasteiger charge is -2.09. The second-order valence-electron chi connectivity index (χ2n) is 5.82. The number of aromatic nitrogens is 2. The molecule has 1 aromatic carbocycles. The minimum absolute atomic E-state index is 0.199. The Morgan fingerprint density at radius 1 is 1.24 bits per heavy atom. The van der Waals surface area contributed by atoms with Crippen LogP contribution < -0.4 is 10.1 Å². The number of aryl methyl sites for hydroxylation is 2. The number of rotatable bonds is 6. The van der Waals surface area contributed by atoms with Gasteiger partial charge in [0.2, 0.25) is 0 Å². The molecule has 0 unspecified atom stereocenters. The minimum Gasteiger partial charge on any atom is -0.465 e. The molecule has 2 heterocycles. The van der Waals surface area contributed by atoms with Gasteiger partial charge in [0.1, 0.15) is 5.82 Å². The van der Waals surface area contributed by atoms with Crippen molar-refractivity contribution in [3.05, 3.63) is 65.0 Å². The number of carbonyl (C=O) groups is 1. The number of nitrogens with one attached hydrogen (secondary N) is 1. The first-order valence-electron chi connectivity index (χ1n) is 8.19. The number of furan rings is 1. The zero-order valence-electron chi connectivity index (χ0n) is 14.6. The van der Waals surface area contributed by atoms with Crippen LogP contribution in [0.15, 0.2) is 46.9 Å². The summed E-state index contributed by atoms with van der Waals surface area (Å²) in [6, 6.07) is 13.3. The monoisotopic (exact) mass is 339 g/mol. The normalized spacial score (nSPS) is 10.7. The van der Waals surface area contributed by atoms with Gasteiger partial charge in [-0.3, -0.25) is 4.79 Å². The third-order valence-corrected chi connectivity index (χ3v) is 3.65. The number of hydrogen-bond acceptors (Lipinski definition) is 4. The van der Waals surface area contributed by atoms with E-state index in [4.69, 9.17) is 9.15 Å². The molecular weight excluding hydrogens is 318 g/mol. The molecule has 1 N–H and O–H groups in total. The average Bonchev–Trinajstić information content (AvgIpc) is 3.15. The van der Waals surface area contributed by atoms with Crippen LogP contribution in [0.2, 0.25) is 0 Å². The standard InChI is InChI=1S/C19H21N3O3/c1-4-24-18-9-8-16(25-18)19(23)20-17-11-14(3)21-22(17)12-15-7-5-6-13(2)10-15/h5-11H,4,12H2,1-3H3,(H,20,23). The van der Waals surface area contributed by atoms with Crippen LogP contribution in [-0.4, -0.2) is 22.3 Å². The van der Waals surface area contributed by atoms with Crippen molar-refractivity contribution in [2.24, 2.45) is 0 Å². The summed E-state index contributed by atoms with van der Waals surface area (Å²) in [5.41, 5.74) is 3.14. The van der Waals surface area contributed by atoms with Gasteiger partial charge in [-0.15, -0.1) is 0 Å². The van der Waals surface area contributed by atoms with Crippen molar-refractivity contribution in [2.45, 2.75) is 27.3 Å². The summed E-state index contributed by atoms with van der Waals surface area (Å²) in [4.78, 5) is 12.4. The largest absolute Gasteiger partial charge is 0.465 e. The van der Waals surface area contributed by atoms with E-state index in [9.17, 15) is 4.79 Å². The van der Waals surface area contributed by atoms with Gasteiger partial charge >= 0.3 is 0 Å². The zero-order chi connectivity index (χ0) is 17.8. The summed E-state index contributed by atoms with van der Waals surface area (Å²) in [7, 11) is 0. The van der Waals surface area contributed by atoms with Crippen molar-refractivity contribution in [3.63, 3.8) is 0 Å². The predicted molar refractivity (Wildman–Crippen MR) is 95.1 cm³/mol. The average molecular weight is 339 g/mol. The number of benzene rings is 1. The second kappa shape index (κ2) is 7.25. The van der Waals surface area contributed by atoms with Crippen molar-refractivity contribution >= 4 is 11.7 Å². The van der Waals surface area contributed by atoms with Gasteiger partial charge in [-0.2, -0.15) is 5.10 Å². The predicted octanol–water partition coefficient (Wildman–Crippen LogP) is 3.79. The van der Waals surface area contributed by atoms with Gasteiger partial charge in [-0.1, -0.05) is 29.8 Å². The van der Waals surface area contributed by atoms with E-state index in [2.05, 4.69) is 16.5 Å². The maximum atomic E-state index is 12.4. The Morgan fingerprint density at radius 3 is 2.84 bits per heavy atom. The molecule has 0 atom stereocenters. The molecule has 2 aromatic heterocycles. The first-order valence-corrected chi connectivity index (χ1v) is 8.19. The number of anilines is 1. The van der Waals surface area contributed by atoms with Gasteiger partial charge in [-0.05, 0) is 32.4 Å². The van der Waals surface area contributed by atoms with Crippen LogP contribution >= 0.6 is 0 Å². The Kier molecular flexibility index (Phi) is 4.88. The van der Waals surface area contributed by atoms with Crippen LogP contribution in [0.5, 0.6) is 5.95 Å². The molecule has 0 saturated carbocycles. The fourth-order valence-electron chi connectivity index (χ4n) is 2.59. The highest BCUT2D eigenvalue weighted by atomic mass is 16.6. The van der Waals surface area contributed by atoms with Gasteiger partial charge < -0.3 is 14.5 Å². The topological polar surface area (TPSA) is 69.3 Å². The molecule has 0 fully saturated rings. The van der Waals surface area contributed by atoms with E-state index < -0.39 is 0 Å². The van der Waals surface area contributed by atoms with Crippen molar-refractivity contribution < 1.29 is 13.9 Å². The van der Waals surface area contributed by atoms with Gasteiger partial charge in [-0.25, -0.2) is 4.68 Å².